The predicted molar refractivity (Wildman–Crippen MR) is 574 cm³/mol. The number of benzene rings is 6. The second-order valence-corrected chi connectivity index (χ2v) is 41.2. The van der Waals surface area contributed by atoms with E-state index in [9.17, 15) is 56.7 Å². The third kappa shape index (κ3) is 29.3. The lowest BCUT2D eigenvalue weighted by Gasteiger charge is -2.32. The van der Waals surface area contributed by atoms with Gasteiger partial charge in [-0.15, -0.1) is 101 Å². The monoisotopic (exact) mass is 2080 g/mol. The van der Waals surface area contributed by atoms with Gasteiger partial charge in [-0.1, -0.05) is 193 Å². The van der Waals surface area contributed by atoms with Gasteiger partial charge in [-0.25, -0.2) is 8.78 Å². The molecule has 0 radical (unpaired) electrons. The van der Waals surface area contributed by atoms with Gasteiger partial charge in [-0.05, 0) is 230 Å². The molecule has 145 heavy (non-hydrogen) atoms. The minimum atomic E-state index is -1.12. The van der Waals surface area contributed by atoms with Crippen LogP contribution < -0.4 is 65.3 Å². The molecule has 10 amide bonds. The van der Waals surface area contributed by atoms with Crippen molar-refractivity contribution < 1.29 is 70.9 Å². The molecule has 6 heterocycles. The van der Waals surface area contributed by atoms with E-state index in [1.54, 1.807) is 78.2 Å². The van der Waals surface area contributed by atoms with Crippen LogP contribution in [0.4, 0.5) is 37.2 Å². The highest BCUT2D eigenvalue weighted by molar-refractivity contribution is 7.98. The number of rotatable bonds is 28. The smallest absolute Gasteiger partial charge is 0.303 e. The number of nitrogens with zero attached hydrogens (tertiary/aromatic N) is 5. The van der Waals surface area contributed by atoms with Gasteiger partial charge in [-0.2, -0.15) is 0 Å². The van der Waals surface area contributed by atoms with Crippen LogP contribution in [0.3, 0.4) is 0 Å². The molecule has 5 unspecified atom stereocenters. The molecule has 750 valence electrons. The zero-order valence-corrected chi connectivity index (χ0v) is 85.8. The Bertz CT molecular complexity index is 6410. The molecule has 11 aromatic rings. The number of carbonyl (C=O) groups is 10. The first kappa shape index (κ1) is 108. The lowest BCUT2D eigenvalue weighted by Crippen LogP contribution is -2.47. The van der Waals surface area contributed by atoms with Crippen molar-refractivity contribution in [3.63, 3.8) is 0 Å². The fourth-order valence-corrected chi connectivity index (χ4v) is 23.3. The van der Waals surface area contributed by atoms with E-state index in [-0.39, 0.29) is 72.2 Å². The van der Waals surface area contributed by atoms with Crippen LogP contribution in [0.1, 0.15) is 215 Å². The van der Waals surface area contributed by atoms with Crippen LogP contribution in [0, 0.1) is 73.4 Å². The number of carbonyl (C=O) groups excluding carboxylic acids is 10. The summed E-state index contributed by atoms with van der Waals surface area (Å²) in [7, 11) is 0. The van der Waals surface area contributed by atoms with E-state index in [4.69, 9.17) is 57.9 Å². The standard InChI is InChI=1S/C27H26N2O3S.C22H22N2O4S.C22H24N2O2S2.C21H21ClN2O2S.C21H20F2N2O2S/c1-2-25(30)29(22-16-9-10-17-23(22)32-21-14-7-4-8-15-21)26(24-18-11-19-33-24)27(31)28-20-12-5-3-6-13-20;1-2-20(25)24(16-10-11-17-18(13-16)28-14-27-17)21(19-9-6-12-29-19)22(26)23-15-7-4-3-5-8-15;1-3-20(25)24(17-12-7-8-13-18(17)27-2)21(19-14-9-15-28-19)22(26)23-16-10-5-4-6-11-16;1-2-19(25)24(17-12-7-6-11-16(17)22)20(18-13-8-14-27-18)21(26)23-15-9-4-3-5-10-15;1-2-19(26)25(15-10-11-16(22)17(23)13-15)20(18-9-6-12-28-18)21(27)24-14-7-4-3-5-8-14/h1,4,7-11,14-20,26H,3,5-6,12-13H2,(H,28,31);1,6,9-13,15,21H,3-5,7-8,14H2,(H,23,26);1,7-9,12-16,21H,4-6,10-11H2,2H3,(H,23,26);1,6-8,11-15,20H,3-5,9-10H2,(H,23,26);1,6,9-14,20H,3-5,7-8H2,(H,24,27). The average Bonchev–Trinajstić information content (AvgIpc) is 1.59. The summed E-state index contributed by atoms with van der Waals surface area (Å²) in [5.41, 5.74) is 2.06. The summed E-state index contributed by atoms with van der Waals surface area (Å²) in [5.74, 6) is 6.42. The van der Waals surface area contributed by atoms with Crippen molar-refractivity contribution in [3.05, 3.63) is 268 Å². The molecular weight excluding hydrogens is 1970 g/mol. The predicted octanol–water partition coefficient (Wildman–Crippen LogP) is 22.7. The Morgan fingerprint density at radius 2 is 0.648 bits per heavy atom. The van der Waals surface area contributed by atoms with E-state index in [0.29, 0.717) is 55.6 Å². The number of halogens is 3. The summed E-state index contributed by atoms with van der Waals surface area (Å²) in [5, 5.41) is 25.3. The Hall–Kier alpha value is -13.8. The van der Waals surface area contributed by atoms with Crippen LogP contribution >= 0.6 is 80.0 Å². The number of hydrogen-bond acceptors (Lipinski definition) is 19. The van der Waals surface area contributed by atoms with E-state index >= 15 is 0 Å². The molecule has 5 fully saturated rings. The zero-order chi connectivity index (χ0) is 103. The summed E-state index contributed by atoms with van der Waals surface area (Å²) in [6.07, 6.45) is 55.5. The van der Waals surface area contributed by atoms with Gasteiger partial charge in [-0.3, -0.25) is 72.4 Å². The second kappa shape index (κ2) is 55.3. The highest BCUT2D eigenvalue weighted by Gasteiger charge is 2.42. The van der Waals surface area contributed by atoms with Gasteiger partial charge in [0, 0.05) is 83.0 Å². The van der Waals surface area contributed by atoms with Gasteiger partial charge >= 0.3 is 29.5 Å². The quantitative estimate of drug-likeness (QED) is 0.0225. The molecule has 6 aliphatic rings. The van der Waals surface area contributed by atoms with Crippen LogP contribution in [-0.2, 0) is 47.9 Å². The van der Waals surface area contributed by atoms with Crippen molar-refractivity contribution in [2.24, 2.45) is 0 Å². The molecule has 5 saturated carbocycles. The summed E-state index contributed by atoms with van der Waals surface area (Å²) >= 11 is 14.8. The maximum absolute atomic E-state index is 13.8. The Balaban J connectivity index is 0.000000152. The lowest BCUT2D eigenvalue weighted by atomic mass is 9.95. The number of para-hydroxylation sites is 5. The molecular formula is C113H113ClF2N10O13S6. The second-order valence-electron chi connectivity index (χ2n) is 35.0. The van der Waals surface area contributed by atoms with Crippen molar-refractivity contribution in [3.8, 4) is 84.7 Å². The molecule has 0 spiro atoms. The van der Waals surface area contributed by atoms with Crippen LogP contribution in [0.5, 0.6) is 23.0 Å². The highest BCUT2D eigenvalue weighted by atomic mass is 35.5. The highest BCUT2D eigenvalue weighted by Crippen LogP contribution is 2.45. The molecule has 17 rings (SSSR count). The Kier molecular flexibility index (Phi) is 41.4. The van der Waals surface area contributed by atoms with Gasteiger partial charge in [0.25, 0.3) is 0 Å². The van der Waals surface area contributed by atoms with Crippen LogP contribution in [-0.4, -0.2) is 102 Å². The minimum absolute atomic E-state index is 0.0245. The van der Waals surface area contributed by atoms with Crippen molar-refractivity contribution >= 4 is 168 Å². The number of amides is 10. The van der Waals surface area contributed by atoms with Crippen molar-refractivity contribution in [2.75, 3.05) is 37.5 Å². The van der Waals surface area contributed by atoms with E-state index in [1.807, 2.05) is 143 Å². The first-order chi connectivity index (χ1) is 70.6. The Morgan fingerprint density at radius 3 is 1.00 bits per heavy atom. The largest absolute Gasteiger partial charge is 0.455 e. The third-order valence-electron chi connectivity index (χ3n) is 25.4. The first-order valence-electron chi connectivity index (χ1n) is 48.3. The van der Waals surface area contributed by atoms with E-state index in [1.165, 1.54) is 120 Å². The maximum atomic E-state index is 13.8. The van der Waals surface area contributed by atoms with Gasteiger partial charge in [0.05, 0.1) is 22.1 Å². The number of nitrogens with one attached hydrogen (secondary N) is 5. The number of fused-ring (bicyclic) bond motifs is 1. The van der Waals surface area contributed by atoms with E-state index in [2.05, 4.69) is 50.3 Å². The molecule has 32 heteroatoms. The number of anilines is 5. The molecule has 6 aromatic carbocycles. The third-order valence-corrected chi connectivity index (χ3v) is 31.2. The number of ether oxygens (including phenoxy) is 3. The number of thiophene rings is 5. The SMILES string of the molecule is C#CC(=O)N(c1ccc(F)c(F)c1)C(C(=O)NC1CCCCC1)c1cccs1.C#CC(=O)N(c1ccc2c(c1)OCO2)C(C(=O)NC1CCCCC1)c1cccs1.C#CC(=O)N(c1ccccc1Cl)C(C(=O)NC1CCCCC1)c1cccs1.C#CC(=O)N(c1ccccc1Oc1ccccc1)C(C(=O)NC1CCCCC1)c1cccs1.C#CC(=O)N(c1ccccc1SC)C(C(=O)NC1CCCCC1)c1cccs1. The van der Waals surface area contributed by atoms with Crippen LogP contribution in [0.15, 0.2) is 232 Å². The molecule has 23 nitrogen and oxygen atoms in total. The van der Waals surface area contributed by atoms with Gasteiger partial charge < -0.3 is 40.8 Å². The van der Waals surface area contributed by atoms with Crippen molar-refractivity contribution in [2.45, 2.75) is 226 Å². The molecule has 5 aliphatic carbocycles. The number of terminal acetylenes is 5. The zero-order valence-electron chi connectivity index (χ0n) is 80.1. The first-order valence-corrected chi connectivity index (χ1v) is 54.3. The molecule has 5 atom stereocenters. The molecule has 1 aliphatic heterocycles. The topological polar surface area (TPSA) is 275 Å². The molecule has 0 saturated heterocycles. The van der Waals surface area contributed by atoms with Crippen LogP contribution in [0.2, 0.25) is 5.02 Å². The number of hydrogen-bond donors (Lipinski definition) is 5. The fraction of sp³-hybridized carbons (Fsp3) is 0.327. The Morgan fingerprint density at radius 1 is 0.345 bits per heavy atom. The van der Waals surface area contributed by atoms with Gasteiger partial charge in [0.1, 0.15) is 5.75 Å². The lowest BCUT2D eigenvalue weighted by molar-refractivity contribution is -0.126. The maximum Gasteiger partial charge on any atom is 0.303 e. The van der Waals surface area contributed by atoms with E-state index in [0.717, 1.165) is 176 Å². The molecule has 0 bridgehead atoms. The van der Waals surface area contributed by atoms with E-state index < -0.39 is 71.4 Å². The Labute approximate surface area is 874 Å². The van der Waals surface area contributed by atoms with Gasteiger partial charge in [0.2, 0.25) is 36.3 Å². The number of thioether (sulfide) groups is 1. The summed E-state index contributed by atoms with van der Waals surface area (Å²) in [4.78, 5) is 142. The van der Waals surface area contributed by atoms with Gasteiger partial charge in [0.15, 0.2) is 59.1 Å². The molecule has 5 N–H and O–H groups in total. The summed E-state index contributed by atoms with van der Waals surface area (Å²) in [6, 6.07) is 53.5. The normalized spacial score (nSPS) is 15.5. The van der Waals surface area contributed by atoms with Crippen molar-refractivity contribution in [1.82, 2.24) is 26.6 Å². The van der Waals surface area contributed by atoms with Crippen LogP contribution in [0.25, 0.3) is 0 Å². The minimum Gasteiger partial charge on any atom is -0.455 e. The summed E-state index contributed by atoms with van der Waals surface area (Å²) < 4.78 is 44.1. The average molecular weight is 2090 g/mol. The van der Waals surface area contributed by atoms with Crippen molar-refractivity contribution in [1.29, 1.82) is 0 Å². The molecule has 5 aromatic heterocycles. The fourth-order valence-electron chi connectivity index (χ4n) is 18.5. The summed E-state index contributed by atoms with van der Waals surface area (Å²) in [6.45, 7) is 0.123.